The second-order valence-electron chi connectivity index (χ2n) is 3.96. The predicted molar refractivity (Wildman–Crippen MR) is 69.5 cm³/mol. The molecule has 1 unspecified atom stereocenters. The second-order valence-corrected chi connectivity index (χ2v) is 4.94. The molecule has 2 rings (SSSR count). The van der Waals surface area contributed by atoms with Crippen LogP contribution in [0.4, 0.5) is 8.78 Å². The summed E-state index contributed by atoms with van der Waals surface area (Å²) in [6, 6.07) is 6.32. The topological polar surface area (TPSA) is 55.1 Å². The normalized spacial score (nSPS) is 12.2. The summed E-state index contributed by atoms with van der Waals surface area (Å²) in [4.78, 5) is 12.5. The second kappa shape index (κ2) is 5.90. The molecule has 0 saturated carbocycles. The van der Waals surface area contributed by atoms with E-state index in [-0.39, 0.29) is 12.5 Å². The van der Waals surface area contributed by atoms with Gasteiger partial charge in [0.1, 0.15) is 6.04 Å². The number of halogens is 2. The van der Waals surface area contributed by atoms with Crippen molar-refractivity contribution in [2.45, 2.75) is 12.6 Å². The number of benzene rings is 1. The first-order valence-corrected chi connectivity index (χ1v) is 6.46. The summed E-state index contributed by atoms with van der Waals surface area (Å²) in [6.45, 7) is 0.106. The molecule has 2 aromatic rings. The van der Waals surface area contributed by atoms with Gasteiger partial charge in [-0.15, -0.1) is 11.3 Å². The molecule has 1 aromatic heterocycles. The fourth-order valence-corrected chi connectivity index (χ4v) is 2.27. The van der Waals surface area contributed by atoms with E-state index in [1.807, 2.05) is 11.4 Å². The molecule has 0 aliphatic heterocycles. The van der Waals surface area contributed by atoms with E-state index in [1.54, 1.807) is 6.07 Å². The average Bonchev–Trinajstić information content (AvgIpc) is 2.93. The molecule has 0 bridgehead atoms. The Bertz CT molecular complexity index is 572. The zero-order valence-corrected chi connectivity index (χ0v) is 10.7. The van der Waals surface area contributed by atoms with E-state index in [2.05, 4.69) is 5.32 Å². The van der Waals surface area contributed by atoms with Crippen LogP contribution in [0.3, 0.4) is 0 Å². The Labute approximate surface area is 113 Å². The Kier molecular flexibility index (Phi) is 4.24. The Balaban J connectivity index is 1.95. The third-order valence-electron chi connectivity index (χ3n) is 2.58. The van der Waals surface area contributed by atoms with Gasteiger partial charge < -0.3 is 11.1 Å². The number of nitrogens with two attached hydrogens (primary N) is 1. The van der Waals surface area contributed by atoms with Crippen LogP contribution in [0.2, 0.25) is 0 Å². The van der Waals surface area contributed by atoms with Gasteiger partial charge >= 0.3 is 0 Å². The fourth-order valence-electron chi connectivity index (χ4n) is 1.55. The van der Waals surface area contributed by atoms with Gasteiger partial charge in [0, 0.05) is 11.4 Å². The zero-order chi connectivity index (χ0) is 13.8. The minimum Gasteiger partial charge on any atom is -0.350 e. The summed E-state index contributed by atoms with van der Waals surface area (Å²) < 4.78 is 25.7. The molecular weight excluding hydrogens is 270 g/mol. The molecule has 0 aliphatic rings. The first-order valence-electron chi connectivity index (χ1n) is 5.58. The maximum atomic E-state index is 13.0. The van der Waals surface area contributed by atoms with Crippen LogP contribution in [0.15, 0.2) is 35.7 Å². The van der Waals surface area contributed by atoms with E-state index >= 15 is 0 Å². The highest BCUT2D eigenvalue weighted by molar-refractivity contribution is 7.10. The molecule has 0 spiro atoms. The molecule has 0 fully saturated rings. The van der Waals surface area contributed by atoms with Crippen LogP contribution < -0.4 is 11.1 Å². The van der Waals surface area contributed by atoms with E-state index in [1.165, 1.54) is 17.4 Å². The van der Waals surface area contributed by atoms with Gasteiger partial charge in [-0.05, 0) is 29.1 Å². The van der Waals surface area contributed by atoms with Crippen molar-refractivity contribution in [3.63, 3.8) is 0 Å². The highest BCUT2D eigenvalue weighted by atomic mass is 32.1. The summed E-state index contributed by atoms with van der Waals surface area (Å²) in [7, 11) is 0. The van der Waals surface area contributed by atoms with Crippen molar-refractivity contribution in [3.05, 3.63) is 57.8 Å². The van der Waals surface area contributed by atoms with E-state index in [9.17, 15) is 13.6 Å². The fraction of sp³-hybridized carbons (Fsp3) is 0.154. The number of amides is 1. The minimum atomic E-state index is -0.936. The molecule has 100 valence electrons. The molecule has 3 nitrogen and oxygen atoms in total. The molecule has 0 aliphatic carbocycles. The highest BCUT2D eigenvalue weighted by Gasteiger charge is 2.16. The molecule has 3 N–H and O–H groups in total. The predicted octanol–water partition coefficient (Wildman–Crippen LogP) is 2.34. The Hall–Kier alpha value is -1.79. The maximum absolute atomic E-state index is 13.0. The van der Waals surface area contributed by atoms with Crippen LogP contribution in [-0.2, 0) is 11.3 Å². The van der Waals surface area contributed by atoms with Crippen molar-refractivity contribution in [1.29, 1.82) is 0 Å². The molecule has 0 saturated heterocycles. The van der Waals surface area contributed by atoms with Crippen molar-refractivity contribution < 1.29 is 13.6 Å². The van der Waals surface area contributed by atoms with Crippen molar-refractivity contribution >= 4 is 17.2 Å². The van der Waals surface area contributed by atoms with Crippen molar-refractivity contribution in [3.8, 4) is 0 Å². The molecule has 6 heteroatoms. The summed E-state index contributed by atoms with van der Waals surface area (Å²) >= 11 is 1.39. The van der Waals surface area contributed by atoms with E-state index in [0.29, 0.717) is 5.56 Å². The first kappa shape index (κ1) is 13.6. The quantitative estimate of drug-likeness (QED) is 0.904. The lowest BCUT2D eigenvalue weighted by Crippen LogP contribution is -2.33. The number of carbonyl (C=O) groups is 1. The average molecular weight is 282 g/mol. The van der Waals surface area contributed by atoms with Crippen LogP contribution >= 0.6 is 11.3 Å². The molecule has 1 amide bonds. The summed E-state index contributed by atoms with van der Waals surface area (Å²) in [5.74, 6) is -2.20. The number of hydrogen-bond acceptors (Lipinski definition) is 3. The molecule has 19 heavy (non-hydrogen) atoms. The first-order chi connectivity index (χ1) is 9.08. The lowest BCUT2D eigenvalue weighted by Gasteiger charge is -2.10. The minimum absolute atomic E-state index is 0.106. The molecule has 1 aromatic carbocycles. The lowest BCUT2D eigenvalue weighted by atomic mass is 10.2. The lowest BCUT2D eigenvalue weighted by molar-refractivity contribution is -0.122. The van der Waals surface area contributed by atoms with Crippen LogP contribution in [-0.4, -0.2) is 5.91 Å². The van der Waals surface area contributed by atoms with Crippen molar-refractivity contribution in [2.24, 2.45) is 5.73 Å². The van der Waals surface area contributed by atoms with Gasteiger partial charge in [0.2, 0.25) is 5.91 Å². The monoisotopic (exact) mass is 282 g/mol. The molecular formula is C13H12F2N2OS. The summed E-state index contributed by atoms with van der Waals surface area (Å²) in [6.07, 6.45) is 0. The number of rotatable bonds is 4. The van der Waals surface area contributed by atoms with Crippen molar-refractivity contribution in [2.75, 3.05) is 0 Å². The smallest absolute Gasteiger partial charge is 0.242 e. The Morgan fingerprint density at radius 3 is 2.74 bits per heavy atom. The van der Waals surface area contributed by atoms with Crippen LogP contribution in [0.1, 0.15) is 16.5 Å². The largest absolute Gasteiger partial charge is 0.350 e. The van der Waals surface area contributed by atoms with Crippen molar-refractivity contribution in [1.82, 2.24) is 5.32 Å². The maximum Gasteiger partial charge on any atom is 0.242 e. The van der Waals surface area contributed by atoms with Gasteiger partial charge in [-0.25, -0.2) is 8.78 Å². The van der Waals surface area contributed by atoms with Gasteiger partial charge in [-0.2, -0.15) is 0 Å². The van der Waals surface area contributed by atoms with Crippen LogP contribution in [0, 0.1) is 11.6 Å². The van der Waals surface area contributed by atoms with E-state index in [0.717, 1.165) is 17.0 Å². The highest BCUT2D eigenvalue weighted by Crippen LogP contribution is 2.17. The third kappa shape index (κ3) is 3.36. The standard InChI is InChI=1S/C13H12F2N2OS/c14-9-4-3-8(6-10(9)15)7-17-13(18)12(16)11-2-1-5-19-11/h1-6,12H,7,16H2,(H,17,18). The number of nitrogens with one attached hydrogen (secondary N) is 1. The molecule has 0 radical (unpaired) electrons. The van der Waals surface area contributed by atoms with Gasteiger partial charge in [-0.3, -0.25) is 4.79 Å². The molecule has 1 atom stereocenters. The van der Waals surface area contributed by atoms with Crippen LogP contribution in [0.25, 0.3) is 0 Å². The SMILES string of the molecule is NC(C(=O)NCc1ccc(F)c(F)c1)c1cccs1. The summed E-state index contributed by atoms with van der Waals surface area (Å²) in [5.41, 5.74) is 6.24. The number of carbonyl (C=O) groups excluding carboxylic acids is 1. The van der Waals surface area contributed by atoms with E-state index < -0.39 is 17.7 Å². The zero-order valence-electron chi connectivity index (χ0n) is 9.90. The van der Waals surface area contributed by atoms with Crippen LogP contribution in [0.5, 0.6) is 0 Å². The van der Waals surface area contributed by atoms with Gasteiger partial charge in [0.15, 0.2) is 11.6 Å². The molecule has 1 heterocycles. The number of thiophene rings is 1. The number of hydrogen-bond donors (Lipinski definition) is 2. The Morgan fingerprint density at radius 1 is 1.32 bits per heavy atom. The summed E-state index contributed by atoms with van der Waals surface area (Å²) in [5, 5.41) is 4.42. The Morgan fingerprint density at radius 2 is 2.11 bits per heavy atom. The van der Waals surface area contributed by atoms with E-state index in [4.69, 9.17) is 5.73 Å². The van der Waals surface area contributed by atoms with Gasteiger partial charge in [0.05, 0.1) is 0 Å². The van der Waals surface area contributed by atoms with Gasteiger partial charge in [0.25, 0.3) is 0 Å². The van der Waals surface area contributed by atoms with Gasteiger partial charge in [-0.1, -0.05) is 12.1 Å². The third-order valence-corrected chi connectivity index (χ3v) is 3.54.